The molecule has 680 valence electrons. The van der Waals surface area contributed by atoms with Crippen molar-refractivity contribution < 1.29 is 18.9 Å². The Kier molecular flexibility index (Phi) is 24.9. The van der Waals surface area contributed by atoms with Gasteiger partial charge in [-0.25, -0.2) is 0 Å². The molecule has 0 fully saturated rings. The fourth-order valence-electron chi connectivity index (χ4n) is 19.2. The minimum absolute atomic E-state index is 0.469. The second-order valence-corrected chi connectivity index (χ2v) is 37.2. The first-order chi connectivity index (χ1) is 70.3. The summed E-state index contributed by atoms with van der Waals surface area (Å²) in [6, 6.07) is 187. The average molecular weight is 1870 g/mol. The molecule has 0 N–H and O–H groups in total. The molecule has 1 aliphatic rings. The number of benzene rings is 20. The SMILES string of the molecule is COc1c(-c2ccc(N(c3ccc(-c4ccccc4)cc3)c3ccc(-c4ccccc4)cc3)cc2)sc(-c2ccc(N(c3ccc(-c4ccccc4)cc3)c3ccc(-c4ccc(-c5ccc(-c6ccc(N(c7ccc(-c8ccccc8)cc7)c7ccc(-c8sc(-c9ccc(N(c%10ccc(-c%11ccccc%11)cc%10)c%10ccc(-c%11ccccc%11)cc%10)cc9)c9c8OCCO9)cc7)cc6)cc5)cc4)cc3)cc2)c1OC. The molecule has 0 spiro atoms. The number of fused-ring (bicyclic) bond motifs is 1. The number of thiophene rings is 2. The van der Waals surface area contributed by atoms with Crippen LogP contribution in [0.3, 0.4) is 0 Å². The Balaban J connectivity index is 0.488. The van der Waals surface area contributed by atoms with E-state index < -0.39 is 0 Å². The largest absolute Gasteiger partial charge is 0.491 e. The third kappa shape index (κ3) is 18.3. The van der Waals surface area contributed by atoms with Crippen molar-refractivity contribution in [1.82, 2.24) is 0 Å². The van der Waals surface area contributed by atoms with Crippen LogP contribution in [0.2, 0.25) is 0 Å². The van der Waals surface area contributed by atoms with Crippen LogP contribution in [-0.4, -0.2) is 27.4 Å². The van der Waals surface area contributed by atoms with Gasteiger partial charge in [-0.2, -0.15) is 0 Å². The van der Waals surface area contributed by atoms with Crippen LogP contribution in [-0.2, 0) is 0 Å². The lowest BCUT2D eigenvalue weighted by Gasteiger charge is -2.26. The van der Waals surface area contributed by atoms with Gasteiger partial charge >= 0.3 is 0 Å². The third-order valence-corrected chi connectivity index (χ3v) is 29.1. The maximum Gasteiger partial charge on any atom is 0.180 e. The number of nitrogens with zero attached hydrogens (tertiary/aromatic N) is 4. The molecule has 0 atom stereocenters. The fraction of sp³-hybridized carbons (Fsp3) is 0.0303. The lowest BCUT2D eigenvalue weighted by Crippen LogP contribution is -2.14. The van der Waals surface area contributed by atoms with Gasteiger partial charge in [-0.05, 0) is 268 Å². The average Bonchev–Trinajstić information content (AvgIpc) is 1.59. The van der Waals surface area contributed by atoms with Crippen LogP contribution in [0, 0.1) is 0 Å². The van der Waals surface area contributed by atoms with E-state index in [0.717, 1.165) is 177 Å². The summed E-state index contributed by atoms with van der Waals surface area (Å²) >= 11 is 3.38. The van der Waals surface area contributed by atoms with Crippen LogP contribution >= 0.6 is 22.7 Å². The van der Waals surface area contributed by atoms with E-state index in [9.17, 15) is 0 Å². The van der Waals surface area contributed by atoms with E-state index in [1.165, 1.54) is 44.5 Å². The molecule has 142 heavy (non-hydrogen) atoms. The van der Waals surface area contributed by atoms with Gasteiger partial charge in [0.1, 0.15) is 13.2 Å². The van der Waals surface area contributed by atoms with Gasteiger partial charge in [-0.15, -0.1) is 22.7 Å². The Bertz CT molecular complexity index is 7420. The summed E-state index contributed by atoms with van der Waals surface area (Å²) in [5, 5.41) is 0. The van der Waals surface area contributed by atoms with E-state index in [-0.39, 0.29) is 0 Å². The summed E-state index contributed by atoms with van der Waals surface area (Å²) in [6.45, 7) is 0.939. The number of hydrogen-bond donors (Lipinski definition) is 0. The lowest BCUT2D eigenvalue weighted by molar-refractivity contribution is 0.175. The maximum absolute atomic E-state index is 6.58. The first-order valence-electron chi connectivity index (χ1n) is 47.9. The Labute approximate surface area is 837 Å². The molecule has 0 saturated carbocycles. The molecule has 0 bridgehead atoms. The molecular formula is C132H96N4O4S2. The minimum Gasteiger partial charge on any atom is -0.491 e. The van der Waals surface area contributed by atoms with Gasteiger partial charge in [-0.1, -0.05) is 376 Å². The topological polar surface area (TPSA) is 49.9 Å². The molecular weight excluding hydrogens is 1770 g/mol. The molecule has 2 aromatic heterocycles. The molecule has 10 heteroatoms. The van der Waals surface area contributed by atoms with Crippen LogP contribution in [0.1, 0.15) is 0 Å². The molecule has 3 heterocycles. The maximum atomic E-state index is 6.58. The van der Waals surface area contributed by atoms with E-state index in [4.69, 9.17) is 18.9 Å². The van der Waals surface area contributed by atoms with Crippen LogP contribution < -0.4 is 38.5 Å². The van der Waals surface area contributed by atoms with Gasteiger partial charge in [0, 0.05) is 68.2 Å². The van der Waals surface area contributed by atoms with Gasteiger partial charge in [0.25, 0.3) is 0 Å². The van der Waals surface area contributed by atoms with Crippen molar-refractivity contribution in [3.8, 4) is 165 Å². The highest BCUT2D eigenvalue weighted by Gasteiger charge is 2.30. The summed E-state index contributed by atoms with van der Waals surface area (Å²) in [4.78, 5) is 13.3. The Hall–Kier alpha value is -17.8. The van der Waals surface area contributed by atoms with Crippen molar-refractivity contribution in [3.05, 3.63) is 522 Å². The molecule has 8 nitrogen and oxygen atoms in total. The number of anilines is 12. The van der Waals surface area contributed by atoms with Crippen molar-refractivity contribution in [3.63, 3.8) is 0 Å². The smallest absolute Gasteiger partial charge is 0.180 e. The summed E-state index contributed by atoms with van der Waals surface area (Å²) in [6.07, 6.45) is 0. The summed E-state index contributed by atoms with van der Waals surface area (Å²) in [7, 11) is 3.46. The standard InChI is InChI=1S/C132H96N4O4S2/c1-137-125-126(138-2)130(141-129(125)109-57-81-121(82-58-109)133(113-65-41-101(42-66-113)91-21-9-3-10-22-91)114-67-43-102(44-68-114)92-23-11-4-12-24-92)110-59-83-122(84-60-110)135(117-73-49-105(50-74-117)95-29-17-7-18-30-95)119-77-53-107(54-78-119)99-37-33-97(34-38-99)98-35-39-100(40-36-98)108-55-79-120(80-56-108)136(118-75-51-106(52-76-118)96-31-19-8-20-32-96)124-87-63-112(64-88-124)132-128-127(139-89-90-140-128)131(142-132)111-61-85-123(86-62-111)134(115-69-45-103(46-70-115)93-25-13-5-14-26-93)116-71-47-104(48-72-116)94-27-15-6-16-28-94/h3-88H,89-90H2,1-2H3. The second-order valence-electron chi connectivity index (χ2n) is 35.2. The predicted octanol–water partition coefficient (Wildman–Crippen LogP) is 37.1. The van der Waals surface area contributed by atoms with Crippen molar-refractivity contribution in [2.24, 2.45) is 0 Å². The minimum atomic E-state index is 0.469. The van der Waals surface area contributed by atoms with Gasteiger partial charge in [0.2, 0.25) is 0 Å². The zero-order chi connectivity index (χ0) is 95.0. The van der Waals surface area contributed by atoms with Gasteiger partial charge in [0.05, 0.1) is 33.7 Å². The van der Waals surface area contributed by atoms with Gasteiger partial charge < -0.3 is 38.5 Å². The van der Waals surface area contributed by atoms with Crippen LogP contribution in [0.25, 0.3) is 142 Å². The van der Waals surface area contributed by atoms with Crippen LogP contribution in [0.5, 0.6) is 23.0 Å². The quantitative estimate of drug-likeness (QED) is 0.0505. The Morgan fingerprint density at radius 2 is 0.268 bits per heavy atom. The Morgan fingerprint density at radius 1 is 0.148 bits per heavy atom. The molecule has 0 amide bonds. The van der Waals surface area contributed by atoms with Crippen molar-refractivity contribution in [1.29, 1.82) is 0 Å². The Morgan fingerprint density at radius 3 is 0.415 bits per heavy atom. The second kappa shape index (κ2) is 40.1. The van der Waals surface area contributed by atoms with Crippen LogP contribution in [0.15, 0.2) is 522 Å². The normalized spacial score (nSPS) is 11.5. The lowest BCUT2D eigenvalue weighted by atomic mass is 9.97. The van der Waals surface area contributed by atoms with Crippen molar-refractivity contribution in [2.75, 3.05) is 47.0 Å². The van der Waals surface area contributed by atoms with Crippen molar-refractivity contribution in [2.45, 2.75) is 0 Å². The predicted molar refractivity (Wildman–Crippen MR) is 596 cm³/mol. The molecule has 22 aromatic rings. The van der Waals surface area contributed by atoms with Crippen molar-refractivity contribution >= 4 is 90.9 Å². The zero-order valence-corrected chi connectivity index (χ0v) is 79.9. The van der Waals surface area contributed by atoms with Crippen LogP contribution in [0.4, 0.5) is 68.2 Å². The summed E-state index contributed by atoms with van der Waals surface area (Å²) in [5.41, 5.74) is 37.5. The molecule has 0 radical (unpaired) electrons. The number of rotatable bonds is 27. The molecule has 20 aromatic carbocycles. The number of ether oxygens (including phenoxy) is 4. The van der Waals surface area contributed by atoms with E-state index in [1.54, 1.807) is 36.9 Å². The van der Waals surface area contributed by atoms with E-state index >= 15 is 0 Å². The summed E-state index contributed by atoms with van der Waals surface area (Å²) in [5.74, 6) is 2.95. The number of methoxy groups -OCH3 is 2. The molecule has 23 rings (SSSR count). The highest BCUT2D eigenvalue weighted by atomic mass is 32.1. The van der Waals surface area contributed by atoms with E-state index in [1.807, 2.05) is 0 Å². The van der Waals surface area contributed by atoms with Gasteiger partial charge in [0.15, 0.2) is 23.0 Å². The molecule has 1 aliphatic heterocycles. The first kappa shape index (κ1) is 88.2. The monoisotopic (exact) mass is 1860 g/mol. The van der Waals surface area contributed by atoms with E-state index in [2.05, 4.69) is 541 Å². The highest BCUT2D eigenvalue weighted by Crippen LogP contribution is 2.57. The van der Waals surface area contributed by atoms with Gasteiger partial charge in [-0.3, -0.25) is 0 Å². The third-order valence-electron chi connectivity index (χ3n) is 26.6. The fourth-order valence-corrected chi connectivity index (χ4v) is 21.7. The molecule has 0 unspecified atom stereocenters. The number of hydrogen-bond acceptors (Lipinski definition) is 10. The zero-order valence-electron chi connectivity index (χ0n) is 78.3. The highest BCUT2D eigenvalue weighted by molar-refractivity contribution is 7.20. The summed E-state index contributed by atoms with van der Waals surface area (Å²) < 4.78 is 25.7. The molecule has 0 aliphatic carbocycles. The van der Waals surface area contributed by atoms with E-state index in [0.29, 0.717) is 24.7 Å². The first-order valence-corrected chi connectivity index (χ1v) is 49.6. The molecule has 0 saturated heterocycles.